The number of β-lactam (4-membered cyclic amide) rings is 1. The van der Waals surface area contributed by atoms with Gasteiger partial charge in [-0.2, -0.15) is 0 Å². The molecular weight excluding hydrogens is 116 g/mol. The summed E-state index contributed by atoms with van der Waals surface area (Å²) in [6, 6.07) is 0.102. The second kappa shape index (κ2) is 1.99. The van der Waals surface area contributed by atoms with Gasteiger partial charge < -0.3 is 10.6 Å². The Labute approximate surface area is 54.8 Å². The average molecular weight is 128 g/mol. The van der Waals surface area contributed by atoms with E-state index in [1.54, 1.807) is 4.90 Å². The first kappa shape index (κ1) is 6.55. The van der Waals surface area contributed by atoms with Crippen LogP contribution in [0.25, 0.3) is 0 Å². The summed E-state index contributed by atoms with van der Waals surface area (Å²) in [5, 5.41) is 0. The summed E-state index contributed by atoms with van der Waals surface area (Å²) in [5.74, 6) is 0.0880. The predicted octanol–water partition coefficient (Wildman–Crippen LogP) is -0.436. The van der Waals surface area contributed by atoms with Crippen LogP contribution in [0, 0.1) is 0 Å². The molecule has 1 rings (SSSR count). The SMILES string of the molecule is CC(C)N1C[C@@H](N)C1=O. The van der Waals surface area contributed by atoms with Gasteiger partial charge in [0.2, 0.25) is 5.91 Å². The van der Waals surface area contributed by atoms with Crippen LogP contribution < -0.4 is 5.73 Å². The van der Waals surface area contributed by atoms with E-state index in [0.717, 1.165) is 6.54 Å². The van der Waals surface area contributed by atoms with Crippen molar-refractivity contribution in [1.82, 2.24) is 4.90 Å². The van der Waals surface area contributed by atoms with Crippen LogP contribution in [0.15, 0.2) is 0 Å². The number of nitrogens with zero attached hydrogens (tertiary/aromatic N) is 1. The van der Waals surface area contributed by atoms with Gasteiger partial charge in [-0.3, -0.25) is 4.79 Å². The molecule has 0 radical (unpaired) electrons. The molecule has 0 spiro atoms. The second-order valence-electron chi connectivity index (χ2n) is 2.69. The van der Waals surface area contributed by atoms with Crippen molar-refractivity contribution in [3.8, 4) is 0 Å². The third-order valence-electron chi connectivity index (χ3n) is 1.62. The van der Waals surface area contributed by atoms with Gasteiger partial charge in [-0.25, -0.2) is 0 Å². The van der Waals surface area contributed by atoms with Crippen LogP contribution in [0.3, 0.4) is 0 Å². The molecular formula is C6H12N2O. The number of carbonyl (C=O) groups excluding carboxylic acids is 1. The number of carbonyl (C=O) groups is 1. The van der Waals surface area contributed by atoms with E-state index in [-0.39, 0.29) is 11.9 Å². The molecule has 1 saturated heterocycles. The maximum Gasteiger partial charge on any atom is 0.241 e. The van der Waals surface area contributed by atoms with Crippen LogP contribution >= 0.6 is 0 Å². The van der Waals surface area contributed by atoms with Gasteiger partial charge in [-0.05, 0) is 13.8 Å². The Morgan fingerprint density at radius 3 is 2.44 bits per heavy atom. The molecule has 1 aliphatic rings. The van der Waals surface area contributed by atoms with Crippen LogP contribution in [-0.2, 0) is 4.79 Å². The summed E-state index contributed by atoms with van der Waals surface area (Å²) >= 11 is 0. The van der Waals surface area contributed by atoms with Crippen molar-refractivity contribution < 1.29 is 4.79 Å². The van der Waals surface area contributed by atoms with Gasteiger partial charge in [0.05, 0.1) is 0 Å². The zero-order chi connectivity index (χ0) is 7.02. The number of hydrogen-bond acceptors (Lipinski definition) is 2. The normalized spacial score (nSPS) is 26.9. The van der Waals surface area contributed by atoms with Crippen LogP contribution in [0.4, 0.5) is 0 Å². The minimum atomic E-state index is -0.215. The molecule has 0 aliphatic carbocycles. The summed E-state index contributed by atoms with van der Waals surface area (Å²) < 4.78 is 0. The average Bonchev–Trinajstić information content (AvgIpc) is 1.81. The summed E-state index contributed by atoms with van der Waals surface area (Å²) in [6.45, 7) is 4.71. The van der Waals surface area contributed by atoms with Crippen molar-refractivity contribution in [2.75, 3.05) is 6.54 Å². The van der Waals surface area contributed by atoms with Crippen LogP contribution in [0.5, 0.6) is 0 Å². The zero-order valence-electron chi connectivity index (χ0n) is 5.79. The highest BCUT2D eigenvalue weighted by molar-refractivity contribution is 5.87. The minimum Gasteiger partial charge on any atom is -0.337 e. The molecule has 0 aromatic rings. The predicted molar refractivity (Wildman–Crippen MR) is 34.8 cm³/mol. The topological polar surface area (TPSA) is 46.3 Å². The van der Waals surface area contributed by atoms with E-state index >= 15 is 0 Å². The Morgan fingerprint density at radius 1 is 1.78 bits per heavy atom. The van der Waals surface area contributed by atoms with Crippen molar-refractivity contribution in [1.29, 1.82) is 0 Å². The highest BCUT2D eigenvalue weighted by Crippen LogP contribution is 2.10. The van der Waals surface area contributed by atoms with E-state index < -0.39 is 0 Å². The Kier molecular flexibility index (Phi) is 1.45. The number of rotatable bonds is 1. The summed E-state index contributed by atoms with van der Waals surface area (Å²) in [4.78, 5) is 12.6. The van der Waals surface area contributed by atoms with Gasteiger partial charge in [0.1, 0.15) is 6.04 Å². The van der Waals surface area contributed by atoms with E-state index in [4.69, 9.17) is 5.73 Å². The van der Waals surface area contributed by atoms with Crippen molar-refractivity contribution in [2.24, 2.45) is 5.73 Å². The highest BCUT2D eigenvalue weighted by Gasteiger charge is 2.34. The fourth-order valence-corrected chi connectivity index (χ4v) is 0.946. The van der Waals surface area contributed by atoms with Gasteiger partial charge in [-0.1, -0.05) is 0 Å². The molecule has 0 aromatic heterocycles. The van der Waals surface area contributed by atoms with Crippen LogP contribution in [-0.4, -0.2) is 29.4 Å². The lowest BCUT2D eigenvalue weighted by Crippen LogP contribution is -2.62. The Hall–Kier alpha value is -0.570. The lowest BCUT2D eigenvalue weighted by molar-refractivity contribution is -0.144. The Bertz CT molecular complexity index is 133. The number of likely N-dealkylation sites (tertiary alicyclic amines) is 1. The molecule has 52 valence electrons. The molecule has 1 fully saturated rings. The molecule has 0 bridgehead atoms. The second-order valence-corrected chi connectivity index (χ2v) is 2.69. The Morgan fingerprint density at radius 2 is 2.33 bits per heavy atom. The lowest BCUT2D eigenvalue weighted by Gasteiger charge is -2.39. The van der Waals surface area contributed by atoms with Crippen molar-refractivity contribution in [2.45, 2.75) is 25.9 Å². The van der Waals surface area contributed by atoms with Crippen molar-refractivity contribution >= 4 is 5.91 Å². The van der Waals surface area contributed by atoms with E-state index in [9.17, 15) is 4.79 Å². The third-order valence-corrected chi connectivity index (χ3v) is 1.62. The quantitative estimate of drug-likeness (QED) is 0.487. The van der Waals surface area contributed by atoms with Gasteiger partial charge in [0, 0.05) is 12.6 Å². The first-order valence-corrected chi connectivity index (χ1v) is 3.19. The summed E-state index contributed by atoms with van der Waals surface area (Å²) in [7, 11) is 0. The molecule has 2 N–H and O–H groups in total. The van der Waals surface area contributed by atoms with Gasteiger partial charge >= 0.3 is 0 Å². The smallest absolute Gasteiger partial charge is 0.241 e. The molecule has 9 heavy (non-hydrogen) atoms. The standard InChI is InChI=1S/C6H12N2O/c1-4(2)8-3-5(7)6(8)9/h4-5H,3,7H2,1-2H3/t5-/m1/s1. The molecule has 0 unspecified atom stereocenters. The van der Waals surface area contributed by atoms with E-state index in [1.807, 2.05) is 13.8 Å². The summed E-state index contributed by atoms with van der Waals surface area (Å²) in [5.41, 5.74) is 5.36. The van der Waals surface area contributed by atoms with Gasteiger partial charge in [-0.15, -0.1) is 0 Å². The zero-order valence-corrected chi connectivity index (χ0v) is 5.79. The molecule has 0 saturated carbocycles. The molecule has 1 atom stereocenters. The molecule has 1 amide bonds. The van der Waals surface area contributed by atoms with Crippen molar-refractivity contribution in [3.05, 3.63) is 0 Å². The fraction of sp³-hybridized carbons (Fsp3) is 0.833. The van der Waals surface area contributed by atoms with Crippen molar-refractivity contribution in [3.63, 3.8) is 0 Å². The number of nitrogens with two attached hydrogens (primary N) is 1. The van der Waals surface area contributed by atoms with E-state index in [0.29, 0.717) is 6.04 Å². The van der Waals surface area contributed by atoms with Crippen LogP contribution in [0.2, 0.25) is 0 Å². The highest BCUT2D eigenvalue weighted by atomic mass is 16.2. The fourth-order valence-electron chi connectivity index (χ4n) is 0.946. The monoisotopic (exact) mass is 128 g/mol. The number of amides is 1. The van der Waals surface area contributed by atoms with Crippen LogP contribution in [0.1, 0.15) is 13.8 Å². The molecule has 1 heterocycles. The largest absolute Gasteiger partial charge is 0.337 e. The Balaban J connectivity index is 2.42. The van der Waals surface area contributed by atoms with E-state index in [2.05, 4.69) is 0 Å². The van der Waals surface area contributed by atoms with E-state index in [1.165, 1.54) is 0 Å². The van der Waals surface area contributed by atoms with Gasteiger partial charge in [0.15, 0.2) is 0 Å². The first-order valence-electron chi connectivity index (χ1n) is 3.19. The third kappa shape index (κ3) is 0.920. The summed E-state index contributed by atoms with van der Waals surface area (Å²) in [6.07, 6.45) is 0. The molecule has 3 nitrogen and oxygen atoms in total. The lowest BCUT2D eigenvalue weighted by atomic mass is 10.1. The number of hydrogen-bond donors (Lipinski definition) is 1. The first-order chi connectivity index (χ1) is 4.13. The maximum absolute atomic E-state index is 10.8. The minimum absolute atomic E-state index is 0.0880. The molecule has 3 heteroatoms. The van der Waals surface area contributed by atoms with Gasteiger partial charge in [0.25, 0.3) is 0 Å². The maximum atomic E-state index is 10.8. The molecule has 1 aliphatic heterocycles. The molecule has 0 aromatic carbocycles.